The molecule has 0 radical (unpaired) electrons. The van der Waals surface area contributed by atoms with Crippen LogP contribution in [0.25, 0.3) is 0 Å². The highest BCUT2D eigenvalue weighted by molar-refractivity contribution is 5.90. The molecule has 0 bridgehead atoms. The number of para-hydroxylation sites is 1. The Kier molecular flexibility index (Phi) is 3.94. The van der Waals surface area contributed by atoms with E-state index in [1.807, 2.05) is 30.3 Å². The third kappa shape index (κ3) is 3.07. The van der Waals surface area contributed by atoms with E-state index in [9.17, 15) is 0 Å². The Morgan fingerprint density at radius 1 is 1.12 bits per heavy atom. The first kappa shape index (κ1) is 11.1. The molecule has 1 fully saturated rings. The van der Waals surface area contributed by atoms with Gasteiger partial charge in [-0.1, -0.05) is 31.0 Å². The van der Waals surface area contributed by atoms with Gasteiger partial charge in [-0.15, -0.1) is 0 Å². The number of rotatable bonds is 2. The maximum Gasteiger partial charge on any atom is 0.0561 e. The van der Waals surface area contributed by atoms with Gasteiger partial charge >= 0.3 is 0 Å². The van der Waals surface area contributed by atoms with Crippen LogP contribution in [0.3, 0.4) is 0 Å². The fourth-order valence-corrected chi connectivity index (χ4v) is 1.99. The van der Waals surface area contributed by atoms with Crippen LogP contribution in [-0.4, -0.2) is 11.8 Å². The fraction of sp³-hybridized carbons (Fsp3) is 0.462. The fourth-order valence-electron chi connectivity index (χ4n) is 1.99. The van der Waals surface area contributed by atoms with Crippen molar-refractivity contribution < 1.29 is 0 Å². The summed E-state index contributed by atoms with van der Waals surface area (Å²) in [6, 6.07) is 10.1. The van der Waals surface area contributed by atoms with Crippen molar-refractivity contribution in [3.05, 3.63) is 30.3 Å². The second kappa shape index (κ2) is 5.66. The summed E-state index contributed by atoms with van der Waals surface area (Å²) in [6.45, 7) is 0. The zero-order chi connectivity index (χ0) is 11.2. The van der Waals surface area contributed by atoms with Crippen LogP contribution in [-0.2, 0) is 0 Å². The molecule has 3 N–H and O–H groups in total. The number of hydrogen-bond donors (Lipinski definition) is 2. The van der Waals surface area contributed by atoms with Gasteiger partial charge in [0.15, 0.2) is 0 Å². The summed E-state index contributed by atoms with van der Waals surface area (Å²) in [5.41, 5.74) is 11.3. The molecular weight excluding hydrogens is 198 g/mol. The predicted octanol–water partition coefficient (Wildman–Crippen LogP) is 2.75. The minimum atomic E-state index is 0.138. The summed E-state index contributed by atoms with van der Waals surface area (Å²) in [6.07, 6.45) is 5.81. The van der Waals surface area contributed by atoms with Crippen molar-refractivity contribution in [2.75, 3.05) is 5.43 Å². The Balaban J connectivity index is 2.00. The van der Waals surface area contributed by atoms with Crippen LogP contribution >= 0.6 is 0 Å². The Morgan fingerprint density at radius 3 is 2.75 bits per heavy atom. The highest BCUT2D eigenvalue weighted by Crippen LogP contribution is 2.15. The summed E-state index contributed by atoms with van der Waals surface area (Å²) in [5, 5.41) is 4.44. The average molecular weight is 217 g/mol. The third-order valence-electron chi connectivity index (χ3n) is 2.98. The highest BCUT2D eigenvalue weighted by atomic mass is 15.3. The quantitative estimate of drug-likeness (QED) is 0.591. The second-order valence-electron chi connectivity index (χ2n) is 4.29. The van der Waals surface area contributed by atoms with Gasteiger partial charge < -0.3 is 5.73 Å². The Labute approximate surface area is 96.7 Å². The van der Waals surface area contributed by atoms with Gasteiger partial charge in [0, 0.05) is 6.04 Å². The van der Waals surface area contributed by atoms with E-state index in [1.54, 1.807) is 0 Å². The van der Waals surface area contributed by atoms with E-state index in [1.165, 1.54) is 19.3 Å². The standard InChI is InChI=1S/C13H19N3/c14-12-9-5-2-6-10-13(12)16-15-11-7-3-1-4-8-11/h1,3-4,7-8,12,15H,2,5-6,9-10,14H2. The van der Waals surface area contributed by atoms with Crippen molar-refractivity contribution in [2.24, 2.45) is 10.8 Å². The summed E-state index contributed by atoms with van der Waals surface area (Å²) < 4.78 is 0. The van der Waals surface area contributed by atoms with Gasteiger partial charge in [-0.25, -0.2) is 0 Å². The molecule has 1 aromatic carbocycles. The zero-order valence-electron chi connectivity index (χ0n) is 9.52. The number of nitrogens with zero attached hydrogens (tertiary/aromatic N) is 1. The van der Waals surface area contributed by atoms with Crippen molar-refractivity contribution in [2.45, 2.75) is 38.1 Å². The highest BCUT2D eigenvalue weighted by Gasteiger charge is 2.14. The molecule has 1 aliphatic rings. The molecule has 2 rings (SSSR count). The topological polar surface area (TPSA) is 50.4 Å². The Morgan fingerprint density at radius 2 is 1.94 bits per heavy atom. The molecule has 3 heteroatoms. The Bertz CT molecular complexity index is 345. The lowest BCUT2D eigenvalue weighted by atomic mass is 10.1. The van der Waals surface area contributed by atoms with Gasteiger partial charge in [0.2, 0.25) is 0 Å². The first-order valence-corrected chi connectivity index (χ1v) is 5.99. The van der Waals surface area contributed by atoms with Gasteiger partial charge in [0.1, 0.15) is 0 Å². The predicted molar refractivity (Wildman–Crippen MR) is 68.6 cm³/mol. The average Bonchev–Trinajstić information content (AvgIpc) is 2.53. The first-order chi connectivity index (χ1) is 7.86. The van der Waals surface area contributed by atoms with E-state index >= 15 is 0 Å². The maximum atomic E-state index is 6.07. The Hall–Kier alpha value is -1.35. The summed E-state index contributed by atoms with van der Waals surface area (Å²) in [5.74, 6) is 0. The molecule has 1 unspecified atom stereocenters. The zero-order valence-corrected chi connectivity index (χ0v) is 9.52. The molecule has 16 heavy (non-hydrogen) atoms. The van der Waals surface area contributed by atoms with E-state index < -0.39 is 0 Å². The number of hydrogen-bond acceptors (Lipinski definition) is 3. The molecule has 0 amide bonds. The monoisotopic (exact) mass is 217 g/mol. The largest absolute Gasteiger partial charge is 0.323 e. The number of anilines is 1. The number of benzene rings is 1. The van der Waals surface area contributed by atoms with E-state index in [2.05, 4.69) is 10.5 Å². The normalized spacial score (nSPS) is 24.1. The molecule has 0 heterocycles. The molecule has 3 nitrogen and oxygen atoms in total. The lowest BCUT2D eigenvalue weighted by Crippen LogP contribution is -2.29. The molecule has 86 valence electrons. The minimum Gasteiger partial charge on any atom is -0.323 e. The van der Waals surface area contributed by atoms with Crippen LogP contribution in [0.1, 0.15) is 32.1 Å². The van der Waals surface area contributed by atoms with E-state index in [0.29, 0.717) is 0 Å². The number of nitrogens with two attached hydrogens (primary N) is 1. The van der Waals surface area contributed by atoms with Crippen molar-refractivity contribution in [1.82, 2.24) is 0 Å². The smallest absolute Gasteiger partial charge is 0.0561 e. The van der Waals surface area contributed by atoms with Crippen LogP contribution < -0.4 is 11.2 Å². The van der Waals surface area contributed by atoms with Crippen LogP contribution in [0.4, 0.5) is 5.69 Å². The molecule has 0 saturated heterocycles. The molecule has 0 aliphatic heterocycles. The van der Waals surface area contributed by atoms with Crippen LogP contribution in [0.15, 0.2) is 35.4 Å². The van der Waals surface area contributed by atoms with Crippen molar-refractivity contribution in [3.8, 4) is 0 Å². The number of hydrazone groups is 1. The first-order valence-electron chi connectivity index (χ1n) is 5.99. The summed E-state index contributed by atoms with van der Waals surface area (Å²) >= 11 is 0. The summed E-state index contributed by atoms with van der Waals surface area (Å²) in [7, 11) is 0. The van der Waals surface area contributed by atoms with Gasteiger partial charge in [0.25, 0.3) is 0 Å². The van der Waals surface area contributed by atoms with Crippen LogP contribution in [0, 0.1) is 0 Å². The molecule has 1 atom stereocenters. The summed E-state index contributed by atoms with van der Waals surface area (Å²) in [4.78, 5) is 0. The van der Waals surface area contributed by atoms with Gasteiger partial charge in [-0.05, 0) is 31.4 Å². The lowest BCUT2D eigenvalue weighted by molar-refractivity contribution is 0.666. The van der Waals surface area contributed by atoms with E-state index in [4.69, 9.17) is 5.73 Å². The van der Waals surface area contributed by atoms with E-state index in [0.717, 1.165) is 24.2 Å². The van der Waals surface area contributed by atoms with Crippen molar-refractivity contribution in [3.63, 3.8) is 0 Å². The molecule has 1 saturated carbocycles. The maximum absolute atomic E-state index is 6.07. The van der Waals surface area contributed by atoms with Gasteiger partial charge in [-0.3, -0.25) is 5.43 Å². The SMILES string of the molecule is NC1CCCCCC1=NNc1ccccc1. The van der Waals surface area contributed by atoms with Gasteiger partial charge in [-0.2, -0.15) is 5.10 Å². The molecule has 1 aliphatic carbocycles. The second-order valence-corrected chi connectivity index (χ2v) is 4.29. The van der Waals surface area contributed by atoms with Crippen molar-refractivity contribution >= 4 is 11.4 Å². The lowest BCUT2D eigenvalue weighted by Gasteiger charge is -2.11. The molecule has 1 aromatic rings. The molecule has 0 spiro atoms. The minimum absolute atomic E-state index is 0.138. The van der Waals surface area contributed by atoms with Crippen LogP contribution in [0.5, 0.6) is 0 Å². The van der Waals surface area contributed by atoms with Crippen LogP contribution in [0.2, 0.25) is 0 Å². The van der Waals surface area contributed by atoms with Gasteiger partial charge in [0.05, 0.1) is 11.4 Å². The van der Waals surface area contributed by atoms with Crippen molar-refractivity contribution in [1.29, 1.82) is 0 Å². The van der Waals surface area contributed by atoms with E-state index in [-0.39, 0.29) is 6.04 Å². The number of nitrogens with one attached hydrogen (secondary N) is 1. The molecular formula is C13H19N3. The molecule has 0 aromatic heterocycles. The third-order valence-corrected chi connectivity index (χ3v) is 2.98.